The van der Waals surface area contributed by atoms with E-state index < -0.39 is 0 Å². The minimum absolute atomic E-state index is 0.0609. The van der Waals surface area contributed by atoms with Crippen LogP contribution in [0.3, 0.4) is 0 Å². The summed E-state index contributed by atoms with van der Waals surface area (Å²) in [5.74, 6) is -0.0861. The van der Waals surface area contributed by atoms with Crippen LogP contribution in [0.4, 0.5) is 4.39 Å². The van der Waals surface area contributed by atoms with E-state index in [-0.39, 0.29) is 18.3 Å². The Kier molecular flexibility index (Phi) is 3.94. The molecule has 1 aromatic rings. The first-order valence-corrected chi connectivity index (χ1v) is 4.58. The monoisotopic (exact) mass is 295 g/mol. The van der Waals surface area contributed by atoms with Crippen LogP contribution in [0.15, 0.2) is 24.3 Å². The van der Waals surface area contributed by atoms with Crippen molar-refractivity contribution in [1.82, 2.24) is 3.53 Å². The molecule has 0 aliphatic rings. The van der Waals surface area contributed by atoms with Gasteiger partial charge in [0.2, 0.25) is 0 Å². The van der Waals surface area contributed by atoms with Crippen molar-refractivity contribution in [2.45, 2.75) is 0 Å². The van der Waals surface area contributed by atoms with Crippen LogP contribution in [0.1, 0.15) is 0 Å². The Morgan fingerprint density at radius 2 is 2.08 bits per heavy atom. The molecule has 70 valence electrons. The number of benzene rings is 1. The molecule has 13 heavy (non-hydrogen) atoms. The molecule has 0 bridgehead atoms. The van der Waals surface area contributed by atoms with E-state index in [4.69, 9.17) is 4.74 Å². The maximum Gasteiger partial charge on any atom is 0.266 e. The maximum atomic E-state index is 12.4. The molecule has 0 unspecified atom stereocenters. The number of carbonyl (C=O) groups excluding carboxylic acids is 1. The van der Waals surface area contributed by atoms with Gasteiger partial charge in [0.05, 0.1) is 22.9 Å². The Morgan fingerprint density at radius 3 is 2.62 bits per heavy atom. The van der Waals surface area contributed by atoms with Crippen LogP contribution in [0.25, 0.3) is 0 Å². The summed E-state index contributed by atoms with van der Waals surface area (Å²) in [4.78, 5) is 10.7. The molecule has 1 N–H and O–H groups in total. The van der Waals surface area contributed by atoms with E-state index in [1.807, 2.05) is 0 Å². The molecule has 0 fully saturated rings. The van der Waals surface area contributed by atoms with Crippen LogP contribution >= 0.6 is 22.9 Å². The van der Waals surface area contributed by atoms with E-state index in [0.717, 1.165) is 0 Å². The summed E-state index contributed by atoms with van der Waals surface area (Å²) in [5.41, 5.74) is 0. The van der Waals surface area contributed by atoms with Crippen molar-refractivity contribution in [1.29, 1.82) is 0 Å². The van der Waals surface area contributed by atoms with Crippen molar-refractivity contribution in [3.63, 3.8) is 0 Å². The van der Waals surface area contributed by atoms with Crippen LogP contribution < -0.4 is 8.27 Å². The van der Waals surface area contributed by atoms with Crippen molar-refractivity contribution < 1.29 is 13.9 Å². The fourth-order valence-electron chi connectivity index (χ4n) is 0.707. The number of hydrogen-bond donors (Lipinski definition) is 1. The van der Waals surface area contributed by atoms with Gasteiger partial charge in [-0.1, -0.05) is 0 Å². The molecule has 1 aromatic carbocycles. The standard InChI is InChI=1S/C8H7FINO2/c9-6-1-3-7(4-2-6)13-5-8(12)11-10/h1-4H,5H2,(H,11,12). The first kappa shape index (κ1) is 10.2. The van der Waals surface area contributed by atoms with Crippen molar-refractivity contribution in [3.8, 4) is 5.75 Å². The van der Waals surface area contributed by atoms with Gasteiger partial charge in [-0.25, -0.2) is 4.39 Å². The summed E-state index contributed by atoms with van der Waals surface area (Å²) in [6.07, 6.45) is 0. The molecule has 5 heteroatoms. The first-order valence-electron chi connectivity index (χ1n) is 3.50. The van der Waals surface area contributed by atoms with Crippen LogP contribution in [0, 0.1) is 5.82 Å². The zero-order chi connectivity index (χ0) is 9.68. The topological polar surface area (TPSA) is 38.3 Å². The molecular weight excluding hydrogens is 288 g/mol. The molecule has 0 spiro atoms. The van der Waals surface area contributed by atoms with Gasteiger partial charge < -0.3 is 4.74 Å². The van der Waals surface area contributed by atoms with Gasteiger partial charge in [-0.3, -0.25) is 8.32 Å². The summed E-state index contributed by atoms with van der Waals surface area (Å²) < 4.78 is 19.8. The van der Waals surface area contributed by atoms with E-state index in [2.05, 4.69) is 3.53 Å². The highest BCUT2D eigenvalue weighted by Crippen LogP contribution is 2.10. The van der Waals surface area contributed by atoms with Gasteiger partial charge >= 0.3 is 0 Å². The molecule has 0 saturated carbocycles. The van der Waals surface area contributed by atoms with E-state index in [0.29, 0.717) is 5.75 Å². The smallest absolute Gasteiger partial charge is 0.266 e. The summed E-state index contributed by atoms with van der Waals surface area (Å²) in [6.45, 7) is -0.0609. The van der Waals surface area contributed by atoms with E-state index in [9.17, 15) is 9.18 Å². The zero-order valence-corrected chi connectivity index (χ0v) is 8.75. The van der Waals surface area contributed by atoms with E-state index in [1.165, 1.54) is 24.3 Å². The number of halogens is 2. The number of nitrogens with one attached hydrogen (secondary N) is 1. The maximum absolute atomic E-state index is 12.4. The zero-order valence-electron chi connectivity index (χ0n) is 6.59. The van der Waals surface area contributed by atoms with Crippen molar-refractivity contribution in [2.75, 3.05) is 6.61 Å². The summed E-state index contributed by atoms with van der Waals surface area (Å²) in [7, 11) is 0. The van der Waals surface area contributed by atoms with Gasteiger partial charge in [0.25, 0.3) is 5.91 Å². The third-order valence-corrected chi connectivity index (χ3v) is 1.89. The Bertz CT molecular complexity index is 289. The molecule has 0 heterocycles. The number of ether oxygens (including phenoxy) is 1. The third-order valence-electron chi connectivity index (χ3n) is 1.29. The van der Waals surface area contributed by atoms with Gasteiger partial charge in [-0.15, -0.1) is 0 Å². The Hall–Kier alpha value is -0.850. The molecule has 0 atom stereocenters. The highest BCUT2D eigenvalue weighted by molar-refractivity contribution is 14.1. The minimum atomic E-state index is -0.328. The van der Waals surface area contributed by atoms with Crippen molar-refractivity contribution in [3.05, 3.63) is 30.1 Å². The largest absolute Gasteiger partial charge is 0.484 e. The molecule has 0 aliphatic carbocycles. The molecule has 0 radical (unpaired) electrons. The second-order valence-electron chi connectivity index (χ2n) is 2.26. The number of amides is 1. The Labute approximate surface area is 88.8 Å². The molecule has 1 rings (SSSR count). The van der Waals surface area contributed by atoms with Crippen molar-refractivity contribution >= 4 is 28.8 Å². The molecule has 3 nitrogen and oxygen atoms in total. The normalized spacial score (nSPS) is 9.38. The molecule has 1 amide bonds. The molecular formula is C8H7FINO2. The summed E-state index contributed by atoms with van der Waals surface area (Å²) in [5, 5.41) is 0. The number of hydrogen-bond acceptors (Lipinski definition) is 2. The summed E-state index contributed by atoms with van der Waals surface area (Å²) in [6, 6.07) is 5.49. The number of carbonyl (C=O) groups is 1. The minimum Gasteiger partial charge on any atom is -0.484 e. The number of rotatable bonds is 3. The Morgan fingerprint density at radius 1 is 1.46 bits per heavy atom. The molecule has 0 aliphatic heterocycles. The van der Waals surface area contributed by atoms with Crippen LogP contribution in [0.2, 0.25) is 0 Å². The highest BCUT2D eigenvalue weighted by Gasteiger charge is 1.99. The van der Waals surface area contributed by atoms with Gasteiger partial charge in [0, 0.05) is 0 Å². The quantitative estimate of drug-likeness (QED) is 0.680. The lowest BCUT2D eigenvalue weighted by molar-refractivity contribution is -0.120. The van der Waals surface area contributed by atoms with Crippen LogP contribution in [-0.4, -0.2) is 12.5 Å². The van der Waals surface area contributed by atoms with Crippen LogP contribution in [-0.2, 0) is 4.79 Å². The van der Waals surface area contributed by atoms with E-state index >= 15 is 0 Å². The lowest BCUT2D eigenvalue weighted by atomic mass is 10.3. The average molecular weight is 295 g/mol. The van der Waals surface area contributed by atoms with Crippen LogP contribution in [0.5, 0.6) is 5.75 Å². The Balaban J connectivity index is 2.46. The van der Waals surface area contributed by atoms with Crippen molar-refractivity contribution in [2.24, 2.45) is 0 Å². The average Bonchev–Trinajstić information content (AvgIpc) is 2.16. The fraction of sp³-hybridized carbons (Fsp3) is 0.125. The van der Waals surface area contributed by atoms with Gasteiger partial charge in [0.15, 0.2) is 6.61 Å². The second kappa shape index (κ2) is 5.00. The van der Waals surface area contributed by atoms with E-state index in [1.54, 1.807) is 22.9 Å². The molecule has 0 aromatic heterocycles. The van der Waals surface area contributed by atoms with Gasteiger partial charge in [-0.2, -0.15) is 0 Å². The fourth-order valence-corrected chi connectivity index (χ4v) is 0.863. The lowest BCUT2D eigenvalue weighted by Gasteiger charge is -2.03. The second-order valence-corrected chi connectivity index (χ2v) is 2.80. The first-order chi connectivity index (χ1) is 6.22. The predicted molar refractivity (Wildman–Crippen MR) is 54.1 cm³/mol. The third kappa shape index (κ3) is 3.58. The lowest BCUT2D eigenvalue weighted by Crippen LogP contribution is -2.20. The predicted octanol–water partition coefficient (Wildman–Crippen LogP) is 1.67. The SMILES string of the molecule is O=C(COc1ccc(F)cc1)NI. The molecule has 0 saturated heterocycles. The van der Waals surface area contributed by atoms with Gasteiger partial charge in [0.1, 0.15) is 11.6 Å². The summed E-state index contributed by atoms with van der Waals surface area (Å²) >= 11 is 1.72. The highest BCUT2D eigenvalue weighted by atomic mass is 127. The van der Waals surface area contributed by atoms with Gasteiger partial charge in [-0.05, 0) is 24.3 Å².